The van der Waals surface area contributed by atoms with Crippen LogP contribution in [0, 0.1) is 0 Å². The predicted molar refractivity (Wildman–Crippen MR) is 114 cm³/mol. The van der Waals surface area contributed by atoms with E-state index in [1.807, 2.05) is 12.1 Å². The Balaban J connectivity index is 1.53. The third-order valence-corrected chi connectivity index (χ3v) is 4.82. The van der Waals surface area contributed by atoms with E-state index in [-0.39, 0.29) is 17.0 Å². The molecular formula is C25H21NO4. The molecule has 4 rings (SSSR count). The topological polar surface area (TPSA) is 65.5 Å². The zero-order valence-electron chi connectivity index (χ0n) is 17.0. The maximum absolute atomic E-state index is 12.7. The third-order valence-electron chi connectivity index (χ3n) is 4.82. The van der Waals surface area contributed by atoms with Gasteiger partial charge in [-0.05, 0) is 46.9 Å². The predicted octanol–water partition coefficient (Wildman–Crippen LogP) is 5.21. The summed E-state index contributed by atoms with van der Waals surface area (Å²) in [6.07, 6.45) is 4.73. The van der Waals surface area contributed by atoms with Gasteiger partial charge in [0.15, 0.2) is 5.76 Å². The Kier molecular flexibility index (Phi) is 4.96. The molecule has 2 heterocycles. The summed E-state index contributed by atoms with van der Waals surface area (Å²) in [5.74, 6) is 0.182. The minimum atomic E-state index is -0.526. The van der Waals surface area contributed by atoms with Gasteiger partial charge in [-0.3, -0.25) is 9.78 Å². The van der Waals surface area contributed by atoms with Crippen molar-refractivity contribution in [1.82, 2.24) is 4.98 Å². The van der Waals surface area contributed by atoms with E-state index in [1.165, 1.54) is 11.8 Å². The van der Waals surface area contributed by atoms with Crippen LogP contribution in [0.3, 0.4) is 0 Å². The second-order valence-corrected chi connectivity index (χ2v) is 8.10. The van der Waals surface area contributed by atoms with Gasteiger partial charge in [0.2, 0.25) is 5.78 Å². The van der Waals surface area contributed by atoms with Crippen LogP contribution >= 0.6 is 0 Å². The number of rotatable bonds is 3. The lowest BCUT2D eigenvalue weighted by atomic mass is 9.86. The molecule has 0 fully saturated rings. The largest absolute Gasteiger partial charge is 0.452 e. The first-order valence-electron chi connectivity index (χ1n) is 9.62. The van der Waals surface area contributed by atoms with E-state index in [4.69, 9.17) is 9.47 Å². The van der Waals surface area contributed by atoms with E-state index in [1.54, 1.807) is 42.6 Å². The highest BCUT2D eigenvalue weighted by Crippen LogP contribution is 2.35. The van der Waals surface area contributed by atoms with Gasteiger partial charge in [0, 0.05) is 18.5 Å². The van der Waals surface area contributed by atoms with Crippen molar-refractivity contribution in [2.75, 3.05) is 0 Å². The van der Waals surface area contributed by atoms with Gasteiger partial charge in [0.1, 0.15) is 11.5 Å². The molecule has 1 aliphatic heterocycles. The number of allylic oxidation sites excluding steroid dienone is 1. The molecule has 0 unspecified atom stereocenters. The average molecular weight is 399 g/mol. The third kappa shape index (κ3) is 4.01. The van der Waals surface area contributed by atoms with Crippen molar-refractivity contribution in [3.8, 4) is 11.5 Å². The highest BCUT2D eigenvalue weighted by atomic mass is 16.5. The van der Waals surface area contributed by atoms with E-state index in [0.29, 0.717) is 22.6 Å². The van der Waals surface area contributed by atoms with Crippen molar-refractivity contribution in [2.24, 2.45) is 0 Å². The maximum Gasteiger partial charge on any atom is 0.345 e. The number of esters is 1. The highest BCUT2D eigenvalue weighted by molar-refractivity contribution is 6.14. The molecule has 0 saturated carbocycles. The molecule has 0 spiro atoms. The average Bonchev–Trinajstić information content (AvgIpc) is 3.03. The Labute approximate surface area is 175 Å². The monoisotopic (exact) mass is 399 g/mol. The number of ether oxygens (including phenoxy) is 2. The molecule has 0 atom stereocenters. The number of ketones is 1. The number of Topliss-reactive ketones (excluding diaryl/α,β-unsaturated/α-hetero) is 1. The second kappa shape index (κ2) is 7.59. The minimum absolute atomic E-state index is 0.0607. The number of aromatic nitrogens is 1. The van der Waals surface area contributed by atoms with Gasteiger partial charge in [-0.15, -0.1) is 0 Å². The van der Waals surface area contributed by atoms with Gasteiger partial charge >= 0.3 is 5.97 Å². The van der Waals surface area contributed by atoms with E-state index >= 15 is 0 Å². The molecule has 0 amide bonds. The van der Waals surface area contributed by atoms with Crippen molar-refractivity contribution in [2.45, 2.75) is 26.2 Å². The minimum Gasteiger partial charge on any atom is -0.452 e. The van der Waals surface area contributed by atoms with Crippen LogP contribution in [-0.2, 0) is 5.41 Å². The molecule has 0 radical (unpaired) electrons. The number of fused-ring (bicyclic) bond motifs is 1. The Morgan fingerprint density at radius 1 is 1.07 bits per heavy atom. The summed E-state index contributed by atoms with van der Waals surface area (Å²) in [5, 5.41) is 0. The first-order valence-corrected chi connectivity index (χ1v) is 9.62. The molecule has 0 bridgehead atoms. The number of hydrogen-bond donors (Lipinski definition) is 0. The van der Waals surface area contributed by atoms with Crippen molar-refractivity contribution in [3.63, 3.8) is 0 Å². The number of benzene rings is 2. The molecule has 1 aromatic heterocycles. The number of pyridine rings is 1. The van der Waals surface area contributed by atoms with Gasteiger partial charge in [0.05, 0.1) is 11.1 Å². The molecule has 3 aromatic rings. The molecule has 5 nitrogen and oxygen atoms in total. The molecule has 0 N–H and O–H groups in total. The number of nitrogens with zero attached hydrogens (tertiary/aromatic N) is 1. The smallest absolute Gasteiger partial charge is 0.345 e. The molecule has 5 heteroatoms. The van der Waals surface area contributed by atoms with Crippen LogP contribution in [0.1, 0.15) is 52.6 Å². The lowest BCUT2D eigenvalue weighted by molar-refractivity contribution is 0.0734. The van der Waals surface area contributed by atoms with Crippen molar-refractivity contribution in [1.29, 1.82) is 0 Å². The maximum atomic E-state index is 12.7. The summed E-state index contributed by atoms with van der Waals surface area (Å²) in [7, 11) is 0. The zero-order valence-corrected chi connectivity index (χ0v) is 17.0. The summed E-state index contributed by atoms with van der Waals surface area (Å²) < 4.78 is 11.1. The summed E-state index contributed by atoms with van der Waals surface area (Å²) in [4.78, 5) is 28.8. The number of carbonyl (C=O) groups excluding carboxylic acids is 2. The van der Waals surface area contributed by atoms with Gasteiger partial charge in [-0.25, -0.2) is 4.79 Å². The van der Waals surface area contributed by atoms with Gasteiger partial charge in [-0.1, -0.05) is 45.0 Å². The molecule has 0 aliphatic carbocycles. The summed E-state index contributed by atoms with van der Waals surface area (Å²) in [6, 6.07) is 16.0. The standard InChI is InChI=1S/C25H21NO4/c1-25(2,3)18-8-6-16(7-9-18)13-22-23(27)20-11-10-19(14-21(20)30-22)29-24(28)17-5-4-12-26-15-17/h4-15H,1-3H3/b22-13-. The Bertz CT molecular complexity index is 1140. The lowest BCUT2D eigenvalue weighted by Crippen LogP contribution is -2.10. The van der Waals surface area contributed by atoms with Gasteiger partial charge in [-0.2, -0.15) is 0 Å². The molecular weight excluding hydrogens is 378 g/mol. The molecule has 30 heavy (non-hydrogen) atoms. The Hall–Kier alpha value is -3.73. The van der Waals surface area contributed by atoms with Crippen molar-refractivity contribution < 1.29 is 19.1 Å². The molecule has 150 valence electrons. The summed E-state index contributed by atoms with van der Waals surface area (Å²) in [6.45, 7) is 6.46. The van der Waals surface area contributed by atoms with Crippen LogP contribution in [0.15, 0.2) is 72.8 Å². The Morgan fingerprint density at radius 2 is 1.83 bits per heavy atom. The zero-order chi connectivity index (χ0) is 21.3. The van der Waals surface area contributed by atoms with Crippen LogP contribution in [0.25, 0.3) is 6.08 Å². The number of carbonyl (C=O) groups is 2. The molecule has 2 aromatic carbocycles. The van der Waals surface area contributed by atoms with Crippen LogP contribution in [0.5, 0.6) is 11.5 Å². The number of hydrogen-bond acceptors (Lipinski definition) is 5. The second-order valence-electron chi connectivity index (χ2n) is 8.10. The first-order chi connectivity index (χ1) is 14.3. The normalized spacial score (nSPS) is 14.4. The van der Waals surface area contributed by atoms with Gasteiger partial charge < -0.3 is 9.47 Å². The van der Waals surface area contributed by atoms with Crippen LogP contribution in [-0.4, -0.2) is 16.7 Å². The molecule has 1 aliphatic rings. The van der Waals surface area contributed by atoms with Crippen LogP contribution < -0.4 is 9.47 Å². The lowest BCUT2D eigenvalue weighted by Gasteiger charge is -2.18. The van der Waals surface area contributed by atoms with E-state index in [0.717, 1.165) is 5.56 Å². The fourth-order valence-corrected chi connectivity index (χ4v) is 3.11. The Morgan fingerprint density at radius 3 is 2.50 bits per heavy atom. The SMILES string of the molecule is CC(C)(C)c1ccc(/C=C2\Oc3cc(OC(=O)c4cccnc4)ccc3C2=O)cc1. The van der Waals surface area contributed by atoms with E-state index in [9.17, 15) is 9.59 Å². The highest BCUT2D eigenvalue weighted by Gasteiger charge is 2.28. The van der Waals surface area contributed by atoms with Crippen molar-refractivity contribution >= 4 is 17.8 Å². The van der Waals surface area contributed by atoms with E-state index in [2.05, 4.69) is 37.9 Å². The fourth-order valence-electron chi connectivity index (χ4n) is 3.11. The van der Waals surface area contributed by atoms with Crippen LogP contribution in [0.2, 0.25) is 0 Å². The van der Waals surface area contributed by atoms with Crippen molar-refractivity contribution in [3.05, 3.63) is 95.0 Å². The first kappa shape index (κ1) is 19.6. The summed E-state index contributed by atoms with van der Waals surface area (Å²) >= 11 is 0. The fraction of sp³-hybridized carbons (Fsp3) is 0.160. The quantitative estimate of drug-likeness (QED) is 0.343. The van der Waals surface area contributed by atoms with E-state index < -0.39 is 5.97 Å². The summed E-state index contributed by atoms with van der Waals surface area (Å²) in [5.41, 5.74) is 2.93. The van der Waals surface area contributed by atoms with Gasteiger partial charge in [0.25, 0.3) is 0 Å². The molecule has 0 saturated heterocycles. The van der Waals surface area contributed by atoms with Crippen LogP contribution in [0.4, 0.5) is 0 Å².